The second kappa shape index (κ2) is 12.6. The molecule has 0 aliphatic heterocycles. The summed E-state index contributed by atoms with van der Waals surface area (Å²) in [5.74, 6) is -1.56. The van der Waals surface area contributed by atoms with Crippen LogP contribution in [0.5, 0.6) is 0 Å². The topological polar surface area (TPSA) is 83.0 Å². The van der Waals surface area contributed by atoms with Gasteiger partial charge in [-0.15, -0.1) is 0 Å². The van der Waals surface area contributed by atoms with Crippen LogP contribution in [0, 0.1) is 0 Å². The Balaban J connectivity index is 0. The number of quaternary nitrogens is 1. The number of unbranched alkanes of at least 4 members (excludes halogenated alkanes) is 1. The van der Waals surface area contributed by atoms with Gasteiger partial charge in [0, 0.05) is 12.0 Å². The Hall–Kier alpha value is -1.36. The molecule has 0 rings (SSSR count). The average Bonchev–Trinajstić information content (AvgIpc) is 2.17. The molecule has 0 amide bonds. The van der Waals surface area contributed by atoms with Gasteiger partial charge >= 0.3 is 5.97 Å². The summed E-state index contributed by atoms with van der Waals surface area (Å²) in [5, 5.41) is 11.9. The van der Waals surface area contributed by atoms with E-state index >= 15 is 0 Å². The molecule has 2 N–H and O–H groups in total. The van der Waals surface area contributed by atoms with Gasteiger partial charge in [-0.1, -0.05) is 6.58 Å². The van der Waals surface area contributed by atoms with Gasteiger partial charge in [0.05, 0.1) is 20.7 Å². The number of carbonyl (C=O) groups is 2. The first-order chi connectivity index (χ1) is 7.08. The lowest BCUT2D eigenvalue weighted by molar-refractivity contribution is -0.597. The number of nitrogens with two attached hydrogens (primary N) is 1. The number of hydrogen-bond acceptors (Lipinski definition) is 4. The van der Waals surface area contributed by atoms with Crippen molar-refractivity contribution in [2.45, 2.75) is 19.3 Å². The zero-order valence-electron chi connectivity index (χ0n) is 9.32. The number of carboxylic acids is 1. The van der Waals surface area contributed by atoms with Crippen molar-refractivity contribution in [3.05, 3.63) is 12.7 Å². The van der Waals surface area contributed by atoms with Gasteiger partial charge in [0.25, 0.3) is 0 Å². The molecule has 0 spiro atoms. The van der Waals surface area contributed by atoms with Crippen LogP contribution in [0.1, 0.15) is 19.3 Å². The van der Waals surface area contributed by atoms with E-state index in [1.54, 1.807) is 0 Å². The molecular formula is C10H19NO4. The van der Waals surface area contributed by atoms with Crippen molar-refractivity contribution in [2.24, 2.45) is 0 Å². The van der Waals surface area contributed by atoms with Crippen molar-refractivity contribution in [1.29, 1.82) is 0 Å². The predicted octanol–water partition coefficient (Wildman–Crippen LogP) is -1.55. The maximum atomic E-state index is 10.4. The van der Waals surface area contributed by atoms with Crippen molar-refractivity contribution in [2.75, 3.05) is 20.7 Å². The smallest absolute Gasteiger partial charge is 0.330 e. The standard InChI is InChI=1S/C8H12O4.C2H7N/c1-2-8(11)12-6-4-3-5-7(9)10;1-3-2/h2H,1,3-6H2,(H,9,10);3H,1-2H3. The Morgan fingerprint density at radius 2 is 1.93 bits per heavy atom. The number of rotatable bonds is 6. The highest BCUT2D eigenvalue weighted by atomic mass is 16.5. The van der Waals surface area contributed by atoms with E-state index in [1.807, 2.05) is 19.4 Å². The Morgan fingerprint density at radius 3 is 2.33 bits per heavy atom. The van der Waals surface area contributed by atoms with E-state index in [0.29, 0.717) is 12.8 Å². The fraction of sp³-hybridized carbons (Fsp3) is 0.600. The number of ether oxygens (including phenoxy) is 1. The molecule has 0 aliphatic rings. The fourth-order valence-corrected chi connectivity index (χ4v) is 0.603. The van der Waals surface area contributed by atoms with Gasteiger partial charge in [-0.3, -0.25) is 0 Å². The second-order valence-corrected chi connectivity index (χ2v) is 2.78. The average molecular weight is 217 g/mol. The highest BCUT2D eigenvalue weighted by Gasteiger charge is 1.94. The lowest BCUT2D eigenvalue weighted by Gasteiger charge is -2.02. The van der Waals surface area contributed by atoms with Gasteiger partial charge in [-0.05, 0) is 19.3 Å². The summed E-state index contributed by atoms with van der Waals surface area (Å²) in [4.78, 5) is 20.4. The van der Waals surface area contributed by atoms with Gasteiger partial charge in [0.15, 0.2) is 0 Å². The minimum Gasteiger partial charge on any atom is -0.550 e. The highest BCUT2D eigenvalue weighted by molar-refractivity contribution is 5.81. The zero-order chi connectivity index (χ0) is 12.1. The van der Waals surface area contributed by atoms with Crippen LogP contribution in [0.3, 0.4) is 0 Å². The van der Waals surface area contributed by atoms with Crippen LogP contribution in [0.25, 0.3) is 0 Å². The third-order valence-electron chi connectivity index (χ3n) is 1.19. The predicted molar refractivity (Wildman–Crippen MR) is 53.8 cm³/mol. The molecule has 0 aromatic heterocycles. The Kier molecular flexibility index (Phi) is 13.6. The summed E-state index contributed by atoms with van der Waals surface area (Å²) in [6.45, 7) is 3.44. The highest BCUT2D eigenvalue weighted by Crippen LogP contribution is 1.94. The number of esters is 1. The van der Waals surface area contributed by atoms with Gasteiger partial charge in [0.1, 0.15) is 0 Å². The van der Waals surface area contributed by atoms with Gasteiger partial charge in [-0.2, -0.15) is 0 Å². The summed E-state index contributed by atoms with van der Waals surface area (Å²) in [5.41, 5.74) is 0. The Labute approximate surface area is 90.1 Å². The van der Waals surface area contributed by atoms with Crippen LogP contribution < -0.4 is 10.4 Å². The van der Waals surface area contributed by atoms with E-state index in [2.05, 4.69) is 11.3 Å². The molecule has 88 valence electrons. The number of hydrogen-bond donors (Lipinski definition) is 1. The maximum absolute atomic E-state index is 10.4. The zero-order valence-corrected chi connectivity index (χ0v) is 9.32. The fourth-order valence-electron chi connectivity index (χ4n) is 0.603. The van der Waals surface area contributed by atoms with Crippen LogP contribution >= 0.6 is 0 Å². The van der Waals surface area contributed by atoms with Crippen LogP contribution in [0.15, 0.2) is 12.7 Å². The maximum Gasteiger partial charge on any atom is 0.330 e. The summed E-state index contributed by atoms with van der Waals surface area (Å²) < 4.78 is 4.60. The third kappa shape index (κ3) is 19.2. The molecule has 15 heavy (non-hydrogen) atoms. The molecule has 0 bridgehead atoms. The van der Waals surface area contributed by atoms with E-state index < -0.39 is 11.9 Å². The molecule has 0 aliphatic carbocycles. The molecule has 0 saturated heterocycles. The first-order valence-corrected chi connectivity index (χ1v) is 4.81. The minimum atomic E-state index is -1.08. The summed E-state index contributed by atoms with van der Waals surface area (Å²) in [7, 11) is 4.00. The molecule has 0 atom stereocenters. The van der Waals surface area contributed by atoms with Gasteiger partial charge in [-0.25, -0.2) is 4.79 Å². The molecule has 5 nitrogen and oxygen atoms in total. The number of carboxylic acid groups (broad SMARTS) is 1. The second-order valence-electron chi connectivity index (χ2n) is 2.78. The first-order valence-electron chi connectivity index (χ1n) is 4.81. The van der Waals surface area contributed by atoms with Crippen LogP contribution in [0.4, 0.5) is 0 Å². The summed E-state index contributed by atoms with van der Waals surface area (Å²) >= 11 is 0. The van der Waals surface area contributed by atoms with Gasteiger partial charge < -0.3 is 20.0 Å². The minimum absolute atomic E-state index is 0.00560. The normalized spacial score (nSPS) is 8.40. The van der Waals surface area contributed by atoms with Crippen LogP contribution in [-0.2, 0) is 14.3 Å². The van der Waals surface area contributed by atoms with Crippen molar-refractivity contribution in [3.63, 3.8) is 0 Å². The van der Waals surface area contributed by atoms with Gasteiger partial charge in [0.2, 0.25) is 0 Å². The number of carbonyl (C=O) groups excluding carboxylic acids is 2. The lowest BCUT2D eigenvalue weighted by Crippen LogP contribution is -2.74. The molecule has 0 aromatic rings. The van der Waals surface area contributed by atoms with Crippen molar-refractivity contribution in [1.82, 2.24) is 0 Å². The van der Waals surface area contributed by atoms with Crippen LogP contribution in [0.2, 0.25) is 0 Å². The van der Waals surface area contributed by atoms with Crippen molar-refractivity contribution < 1.29 is 24.7 Å². The molecule has 0 saturated carbocycles. The van der Waals surface area contributed by atoms with E-state index in [1.165, 1.54) is 0 Å². The lowest BCUT2D eigenvalue weighted by atomic mass is 10.2. The quantitative estimate of drug-likeness (QED) is 0.331. The van der Waals surface area contributed by atoms with Crippen LogP contribution in [-0.4, -0.2) is 32.6 Å². The Morgan fingerprint density at radius 1 is 1.40 bits per heavy atom. The van der Waals surface area contributed by atoms with Crippen molar-refractivity contribution >= 4 is 11.9 Å². The Bertz CT molecular complexity index is 192. The van der Waals surface area contributed by atoms with E-state index in [-0.39, 0.29) is 13.0 Å². The van der Waals surface area contributed by atoms with E-state index in [4.69, 9.17) is 0 Å². The molecule has 5 heteroatoms. The van der Waals surface area contributed by atoms with E-state index in [0.717, 1.165) is 6.08 Å². The largest absolute Gasteiger partial charge is 0.550 e. The third-order valence-corrected chi connectivity index (χ3v) is 1.19. The van der Waals surface area contributed by atoms with Crippen molar-refractivity contribution in [3.8, 4) is 0 Å². The molecule has 0 radical (unpaired) electrons. The molecule has 0 unspecified atom stereocenters. The molecule has 0 fully saturated rings. The first kappa shape index (κ1) is 16.1. The molecule has 0 aromatic carbocycles. The SMILES string of the molecule is C=CC(=O)OCCCCC(=O)[O-].C[NH2+]C. The van der Waals surface area contributed by atoms with E-state index in [9.17, 15) is 14.7 Å². The molecular weight excluding hydrogens is 198 g/mol. The summed E-state index contributed by atoms with van der Waals surface area (Å²) in [6.07, 6.45) is 2.07. The summed E-state index contributed by atoms with van der Waals surface area (Å²) in [6, 6.07) is 0. The number of aliphatic carboxylic acids is 1. The monoisotopic (exact) mass is 217 g/mol. The molecule has 0 heterocycles.